The maximum Gasteiger partial charge on any atom is 0.344 e. The summed E-state index contributed by atoms with van der Waals surface area (Å²) in [5.41, 5.74) is -0.497. The van der Waals surface area contributed by atoms with E-state index in [4.69, 9.17) is 28.1 Å². The van der Waals surface area contributed by atoms with Gasteiger partial charge in [-0.3, -0.25) is 0 Å². The lowest BCUT2D eigenvalue weighted by Gasteiger charge is -2.39. The second-order valence-corrected chi connectivity index (χ2v) is 7.43. The van der Waals surface area contributed by atoms with E-state index in [9.17, 15) is 25.2 Å². The van der Waals surface area contributed by atoms with E-state index in [0.717, 1.165) is 0 Å². The fourth-order valence-electron chi connectivity index (χ4n) is 3.97. The molecule has 170 valence electrons. The van der Waals surface area contributed by atoms with Crippen LogP contribution < -0.4 is 24.6 Å². The van der Waals surface area contributed by atoms with Gasteiger partial charge in [0.05, 0.1) is 24.5 Å². The zero-order valence-electron chi connectivity index (χ0n) is 16.8. The predicted molar refractivity (Wildman–Crippen MR) is 107 cm³/mol. The Bertz CT molecular complexity index is 1230. The molecular formula is C21H20O11. The third-order valence-corrected chi connectivity index (χ3v) is 5.57. The molecule has 0 unspecified atom stereocenters. The Morgan fingerprint density at radius 2 is 1.88 bits per heavy atom. The third kappa shape index (κ3) is 3.14. The van der Waals surface area contributed by atoms with E-state index in [-0.39, 0.29) is 29.3 Å². The summed E-state index contributed by atoms with van der Waals surface area (Å²) in [6.07, 6.45) is -7.28. The number of benzene rings is 2. The number of fused-ring (bicyclic) bond motifs is 5. The van der Waals surface area contributed by atoms with Crippen molar-refractivity contribution >= 4 is 21.7 Å². The minimum Gasteiger partial charge on any atom is -0.496 e. The van der Waals surface area contributed by atoms with Crippen LogP contribution in [0.1, 0.15) is 0 Å². The fraction of sp³-hybridized carbons (Fsp3) is 0.381. The zero-order valence-corrected chi connectivity index (χ0v) is 16.8. The first-order valence-corrected chi connectivity index (χ1v) is 9.77. The Balaban J connectivity index is 1.62. The average Bonchev–Trinajstić information content (AvgIpc) is 3.28. The highest BCUT2D eigenvalue weighted by molar-refractivity contribution is 6.12. The molecule has 11 nitrogen and oxygen atoms in total. The number of aliphatic hydroxyl groups excluding tert-OH is 4. The quantitative estimate of drug-likeness (QED) is 0.311. The van der Waals surface area contributed by atoms with Crippen molar-refractivity contribution in [3.63, 3.8) is 0 Å². The van der Waals surface area contributed by atoms with Gasteiger partial charge in [-0.25, -0.2) is 4.79 Å². The molecule has 2 aliphatic heterocycles. The van der Waals surface area contributed by atoms with Crippen LogP contribution in [0.5, 0.6) is 23.0 Å². The third-order valence-electron chi connectivity index (χ3n) is 5.57. The van der Waals surface area contributed by atoms with E-state index in [1.54, 1.807) is 12.1 Å². The standard InChI is InChI=1S/C21H20O11/c1-27-11-4-8(30-21-18(25)17(24)16(23)13(6-22)32-21)5-12-15(11)14-9(20(26)31-12)2-3-10-19(14)29-7-28-10/h2-5,13,16-18,21-25H,6-7H2,1H3/t13-,16-,17+,18-,21-/m1/s1. The Morgan fingerprint density at radius 3 is 2.62 bits per heavy atom. The number of hydrogen-bond donors (Lipinski definition) is 4. The molecule has 5 atom stereocenters. The van der Waals surface area contributed by atoms with Crippen LogP contribution in [0.15, 0.2) is 33.5 Å². The fourth-order valence-corrected chi connectivity index (χ4v) is 3.97. The van der Waals surface area contributed by atoms with Crippen LogP contribution in [-0.2, 0) is 4.74 Å². The summed E-state index contributed by atoms with van der Waals surface area (Å²) in [6, 6.07) is 6.08. The highest BCUT2D eigenvalue weighted by Crippen LogP contribution is 2.45. The summed E-state index contributed by atoms with van der Waals surface area (Å²) < 4.78 is 33.0. The van der Waals surface area contributed by atoms with Crippen molar-refractivity contribution in [3.05, 3.63) is 34.7 Å². The molecule has 1 aromatic heterocycles. The van der Waals surface area contributed by atoms with E-state index in [2.05, 4.69) is 0 Å². The molecule has 0 radical (unpaired) electrons. The predicted octanol–water partition coefficient (Wildman–Crippen LogP) is -0.138. The summed E-state index contributed by atoms with van der Waals surface area (Å²) in [6.45, 7) is -0.587. The molecule has 0 bridgehead atoms. The number of aliphatic hydroxyl groups is 4. The topological polar surface area (TPSA) is 157 Å². The van der Waals surface area contributed by atoms with Crippen molar-refractivity contribution in [2.24, 2.45) is 0 Å². The largest absolute Gasteiger partial charge is 0.496 e. The van der Waals surface area contributed by atoms with Gasteiger partial charge in [-0.15, -0.1) is 0 Å². The van der Waals surface area contributed by atoms with Crippen LogP contribution >= 0.6 is 0 Å². The van der Waals surface area contributed by atoms with Crippen LogP contribution in [0.3, 0.4) is 0 Å². The monoisotopic (exact) mass is 448 g/mol. The minimum absolute atomic E-state index is 0.0107. The molecule has 1 saturated heterocycles. The van der Waals surface area contributed by atoms with E-state index in [0.29, 0.717) is 22.3 Å². The number of hydrogen-bond acceptors (Lipinski definition) is 11. The van der Waals surface area contributed by atoms with Gasteiger partial charge >= 0.3 is 5.63 Å². The Labute approximate surface area is 179 Å². The van der Waals surface area contributed by atoms with E-state index in [1.165, 1.54) is 19.2 Å². The lowest BCUT2D eigenvalue weighted by Crippen LogP contribution is -2.60. The molecule has 0 saturated carbocycles. The molecule has 0 spiro atoms. The molecule has 3 aromatic rings. The van der Waals surface area contributed by atoms with Crippen LogP contribution in [0.2, 0.25) is 0 Å². The minimum atomic E-state index is -1.60. The lowest BCUT2D eigenvalue weighted by atomic mass is 9.99. The molecule has 2 aromatic carbocycles. The molecule has 32 heavy (non-hydrogen) atoms. The summed E-state index contributed by atoms with van der Waals surface area (Å²) >= 11 is 0. The molecule has 4 N–H and O–H groups in total. The van der Waals surface area contributed by atoms with Gasteiger partial charge in [-0.1, -0.05) is 0 Å². The van der Waals surface area contributed by atoms with Gasteiger partial charge in [0, 0.05) is 17.5 Å². The van der Waals surface area contributed by atoms with Crippen molar-refractivity contribution < 1.29 is 48.5 Å². The van der Waals surface area contributed by atoms with Crippen LogP contribution in [0.4, 0.5) is 0 Å². The second kappa shape index (κ2) is 7.80. The van der Waals surface area contributed by atoms with Gasteiger partial charge in [0.15, 0.2) is 11.5 Å². The van der Waals surface area contributed by atoms with Crippen LogP contribution in [0.25, 0.3) is 21.7 Å². The van der Waals surface area contributed by atoms with Gasteiger partial charge in [0.1, 0.15) is 41.5 Å². The Morgan fingerprint density at radius 1 is 1.06 bits per heavy atom. The summed E-state index contributed by atoms with van der Waals surface area (Å²) in [5.74, 6) is 1.24. The van der Waals surface area contributed by atoms with E-state index >= 15 is 0 Å². The number of rotatable bonds is 4. The molecule has 0 amide bonds. The van der Waals surface area contributed by atoms with E-state index < -0.39 is 42.9 Å². The maximum atomic E-state index is 12.6. The molecule has 5 rings (SSSR count). The van der Waals surface area contributed by atoms with Gasteiger partial charge in [0.25, 0.3) is 0 Å². The van der Waals surface area contributed by atoms with Crippen LogP contribution in [0, 0.1) is 0 Å². The van der Waals surface area contributed by atoms with Crippen molar-refractivity contribution in [2.75, 3.05) is 20.5 Å². The van der Waals surface area contributed by atoms with Gasteiger partial charge in [-0.2, -0.15) is 0 Å². The first-order chi connectivity index (χ1) is 15.4. The lowest BCUT2D eigenvalue weighted by molar-refractivity contribution is -0.277. The summed E-state index contributed by atoms with van der Waals surface area (Å²) in [4.78, 5) is 12.6. The zero-order chi connectivity index (χ0) is 22.6. The van der Waals surface area contributed by atoms with Gasteiger partial charge in [-0.05, 0) is 12.1 Å². The van der Waals surface area contributed by atoms with Crippen molar-refractivity contribution in [1.29, 1.82) is 0 Å². The number of methoxy groups -OCH3 is 1. The normalized spacial score (nSPS) is 27.1. The Kier molecular flexibility index (Phi) is 5.07. The van der Waals surface area contributed by atoms with E-state index in [1.807, 2.05) is 0 Å². The first kappa shape index (κ1) is 20.8. The first-order valence-electron chi connectivity index (χ1n) is 9.77. The molecule has 1 fully saturated rings. The van der Waals surface area contributed by atoms with Crippen molar-refractivity contribution in [1.82, 2.24) is 0 Å². The molecule has 0 aliphatic carbocycles. The van der Waals surface area contributed by atoms with Gasteiger partial charge in [0.2, 0.25) is 13.1 Å². The summed E-state index contributed by atoms with van der Waals surface area (Å²) in [5, 5.41) is 40.7. The SMILES string of the molecule is COc1cc(O[C@@H]2O[C@H](CO)[C@@H](O)[C@H](O)[C@H]2O)cc2oc(=O)c3ccc4c(c3c12)OCO4. The maximum absolute atomic E-state index is 12.6. The molecule has 3 heterocycles. The van der Waals surface area contributed by atoms with Crippen LogP contribution in [-0.4, -0.2) is 71.6 Å². The Hall–Kier alpha value is -3.09. The average molecular weight is 448 g/mol. The second-order valence-electron chi connectivity index (χ2n) is 7.43. The van der Waals surface area contributed by atoms with Gasteiger partial charge < -0.3 is 48.5 Å². The van der Waals surface area contributed by atoms with Crippen molar-refractivity contribution in [2.45, 2.75) is 30.7 Å². The molecule has 11 heteroatoms. The smallest absolute Gasteiger partial charge is 0.344 e. The number of ether oxygens (including phenoxy) is 5. The molecular weight excluding hydrogens is 428 g/mol. The molecule has 2 aliphatic rings. The highest BCUT2D eigenvalue weighted by atomic mass is 16.7. The summed E-state index contributed by atoms with van der Waals surface area (Å²) in [7, 11) is 1.42. The van der Waals surface area contributed by atoms with Crippen molar-refractivity contribution in [3.8, 4) is 23.0 Å². The highest BCUT2D eigenvalue weighted by Gasteiger charge is 2.44.